The Balaban J connectivity index is 0.00000288. The highest BCUT2D eigenvalue weighted by Crippen LogP contribution is 2.19. The molecule has 2 aliphatic heterocycles. The van der Waals surface area contributed by atoms with Crippen LogP contribution in [-0.4, -0.2) is 81.8 Å². The third-order valence-electron chi connectivity index (χ3n) is 5.21. The Morgan fingerprint density at radius 2 is 1.80 bits per heavy atom. The molecule has 0 bridgehead atoms. The van der Waals surface area contributed by atoms with Gasteiger partial charge in [0, 0.05) is 32.8 Å². The van der Waals surface area contributed by atoms with Gasteiger partial charge in [0.05, 0.1) is 6.04 Å². The minimum Gasteiger partial charge on any atom is -0.381 e. The summed E-state index contributed by atoms with van der Waals surface area (Å²) in [5.74, 6) is 0.889. The molecule has 2 fully saturated rings. The minimum atomic E-state index is -0.376. The summed E-state index contributed by atoms with van der Waals surface area (Å²) in [7, 11) is 4.23. The standard InChI is InChI=1S/C17H34N4O2.2ClH/c1-20(2)9-10-21-7-3-14(4-8-21)13-19-17(22)16(18)15-5-11-23-12-6-15;;/h14-16H,3-13,18H2,1-2H3,(H,19,22);2*1H. The third-order valence-corrected chi connectivity index (χ3v) is 5.21. The van der Waals surface area contributed by atoms with Crippen LogP contribution in [0.1, 0.15) is 25.7 Å². The topological polar surface area (TPSA) is 70.8 Å². The van der Waals surface area contributed by atoms with Crippen LogP contribution in [-0.2, 0) is 9.53 Å². The van der Waals surface area contributed by atoms with E-state index in [1.54, 1.807) is 0 Å². The number of carbonyl (C=O) groups excluding carboxylic acids is 1. The van der Waals surface area contributed by atoms with Crippen molar-refractivity contribution in [2.24, 2.45) is 17.6 Å². The van der Waals surface area contributed by atoms with Gasteiger partial charge in [0.1, 0.15) is 0 Å². The molecule has 3 N–H and O–H groups in total. The Morgan fingerprint density at radius 1 is 1.20 bits per heavy atom. The van der Waals surface area contributed by atoms with Crippen LogP contribution in [0.5, 0.6) is 0 Å². The van der Waals surface area contributed by atoms with Gasteiger partial charge in [0.15, 0.2) is 0 Å². The molecule has 2 heterocycles. The van der Waals surface area contributed by atoms with Gasteiger partial charge in [-0.2, -0.15) is 0 Å². The maximum absolute atomic E-state index is 12.2. The molecular formula is C17H36Cl2N4O2. The van der Waals surface area contributed by atoms with Crippen molar-refractivity contribution in [1.29, 1.82) is 0 Å². The number of hydrogen-bond donors (Lipinski definition) is 2. The Bertz CT molecular complexity index is 361. The van der Waals surface area contributed by atoms with Crippen LogP contribution in [0, 0.1) is 11.8 Å². The van der Waals surface area contributed by atoms with E-state index in [9.17, 15) is 4.79 Å². The lowest BCUT2D eigenvalue weighted by molar-refractivity contribution is -0.124. The molecule has 0 aromatic heterocycles. The lowest BCUT2D eigenvalue weighted by Crippen LogP contribution is -2.49. The molecule has 0 aromatic carbocycles. The quantitative estimate of drug-likeness (QED) is 0.668. The molecule has 2 aliphatic rings. The van der Waals surface area contributed by atoms with Crippen LogP contribution in [0.4, 0.5) is 0 Å². The number of halogens is 2. The van der Waals surface area contributed by atoms with E-state index in [2.05, 4.69) is 29.2 Å². The van der Waals surface area contributed by atoms with Crippen molar-refractivity contribution in [3.8, 4) is 0 Å². The van der Waals surface area contributed by atoms with Gasteiger partial charge in [-0.1, -0.05) is 0 Å². The monoisotopic (exact) mass is 398 g/mol. The smallest absolute Gasteiger partial charge is 0.237 e. The zero-order chi connectivity index (χ0) is 16.7. The summed E-state index contributed by atoms with van der Waals surface area (Å²) in [5, 5.41) is 3.08. The summed E-state index contributed by atoms with van der Waals surface area (Å²) >= 11 is 0. The Kier molecular flexibility index (Phi) is 13.1. The van der Waals surface area contributed by atoms with Crippen molar-refractivity contribution in [3.05, 3.63) is 0 Å². The number of ether oxygens (including phenoxy) is 1. The van der Waals surface area contributed by atoms with Crippen molar-refractivity contribution in [1.82, 2.24) is 15.1 Å². The van der Waals surface area contributed by atoms with E-state index < -0.39 is 0 Å². The van der Waals surface area contributed by atoms with Gasteiger partial charge in [-0.15, -0.1) is 24.8 Å². The first kappa shape index (κ1) is 24.9. The van der Waals surface area contributed by atoms with Crippen molar-refractivity contribution < 1.29 is 9.53 Å². The summed E-state index contributed by atoms with van der Waals surface area (Å²) in [6.45, 7) is 6.77. The van der Waals surface area contributed by atoms with E-state index >= 15 is 0 Å². The van der Waals surface area contributed by atoms with E-state index in [4.69, 9.17) is 10.5 Å². The molecule has 0 radical (unpaired) electrons. The van der Waals surface area contributed by atoms with Crippen LogP contribution in [0.25, 0.3) is 0 Å². The predicted octanol–water partition coefficient (Wildman–Crippen LogP) is 0.974. The molecule has 2 rings (SSSR count). The first-order chi connectivity index (χ1) is 11.1. The number of piperidine rings is 1. The largest absolute Gasteiger partial charge is 0.381 e. The van der Waals surface area contributed by atoms with Crippen LogP contribution < -0.4 is 11.1 Å². The van der Waals surface area contributed by atoms with Gasteiger partial charge in [0.25, 0.3) is 0 Å². The first-order valence-corrected chi connectivity index (χ1v) is 9.04. The summed E-state index contributed by atoms with van der Waals surface area (Å²) in [4.78, 5) is 17.0. The van der Waals surface area contributed by atoms with Crippen LogP contribution >= 0.6 is 24.8 Å². The molecule has 25 heavy (non-hydrogen) atoms. The second kappa shape index (κ2) is 13.1. The lowest BCUT2D eigenvalue weighted by Gasteiger charge is -2.33. The third kappa shape index (κ3) is 8.89. The maximum atomic E-state index is 12.2. The fourth-order valence-electron chi connectivity index (χ4n) is 3.41. The number of likely N-dealkylation sites (tertiary alicyclic amines) is 1. The van der Waals surface area contributed by atoms with Crippen molar-refractivity contribution in [2.45, 2.75) is 31.7 Å². The summed E-state index contributed by atoms with van der Waals surface area (Å²) in [5.41, 5.74) is 6.12. The van der Waals surface area contributed by atoms with Crippen molar-refractivity contribution in [2.75, 3.05) is 60.0 Å². The second-order valence-corrected chi connectivity index (χ2v) is 7.31. The van der Waals surface area contributed by atoms with Gasteiger partial charge in [-0.3, -0.25) is 4.79 Å². The molecule has 0 aliphatic carbocycles. The Labute approximate surface area is 165 Å². The number of hydrogen-bond acceptors (Lipinski definition) is 5. The van der Waals surface area contributed by atoms with E-state index in [-0.39, 0.29) is 42.7 Å². The molecular weight excluding hydrogens is 363 g/mol. The first-order valence-electron chi connectivity index (χ1n) is 9.04. The number of nitrogens with two attached hydrogens (primary N) is 1. The fraction of sp³-hybridized carbons (Fsp3) is 0.941. The lowest BCUT2D eigenvalue weighted by atomic mass is 9.91. The van der Waals surface area contributed by atoms with Gasteiger partial charge in [0.2, 0.25) is 5.91 Å². The number of rotatable bonds is 7. The zero-order valence-corrected chi connectivity index (χ0v) is 17.2. The highest BCUT2D eigenvalue weighted by Gasteiger charge is 2.27. The average molecular weight is 399 g/mol. The van der Waals surface area contributed by atoms with E-state index in [1.807, 2.05) is 0 Å². The molecule has 0 saturated carbocycles. The average Bonchev–Trinajstić information content (AvgIpc) is 2.58. The Morgan fingerprint density at radius 3 is 2.36 bits per heavy atom. The molecule has 2 saturated heterocycles. The summed E-state index contributed by atoms with van der Waals surface area (Å²) in [6.07, 6.45) is 4.14. The fourth-order valence-corrected chi connectivity index (χ4v) is 3.41. The summed E-state index contributed by atoms with van der Waals surface area (Å²) < 4.78 is 5.33. The van der Waals surface area contributed by atoms with Gasteiger partial charge in [-0.25, -0.2) is 0 Å². The van der Waals surface area contributed by atoms with E-state index in [1.165, 1.54) is 12.8 Å². The molecule has 1 amide bonds. The van der Waals surface area contributed by atoms with Crippen molar-refractivity contribution in [3.63, 3.8) is 0 Å². The minimum absolute atomic E-state index is 0. The van der Waals surface area contributed by atoms with Gasteiger partial charge in [-0.05, 0) is 64.7 Å². The van der Waals surface area contributed by atoms with Crippen LogP contribution in [0.15, 0.2) is 0 Å². The molecule has 150 valence electrons. The van der Waals surface area contributed by atoms with Crippen LogP contribution in [0.3, 0.4) is 0 Å². The molecule has 6 nitrogen and oxygen atoms in total. The predicted molar refractivity (Wildman–Crippen MR) is 107 cm³/mol. The molecule has 0 spiro atoms. The number of likely N-dealkylation sites (N-methyl/N-ethyl adjacent to an activating group) is 1. The highest BCUT2D eigenvalue weighted by molar-refractivity contribution is 5.85. The number of amides is 1. The number of carbonyl (C=O) groups is 1. The summed E-state index contributed by atoms with van der Waals surface area (Å²) in [6, 6.07) is -0.376. The highest BCUT2D eigenvalue weighted by atomic mass is 35.5. The molecule has 8 heteroatoms. The van der Waals surface area contributed by atoms with Gasteiger partial charge >= 0.3 is 0 Å². The van der Waals surface area contributed by atoms with E-state index in [0.717, 1.165) is 58.8 Å². The van der Waals surface area contributed by atoms with Crippen molar-refractivity contribution >= 4 is 30.7 Å². The van der Waals surface area contributed by atoms with Crippen LogP contribution in [0.2, 0.25) is 0 Å². The Hall–Kier alpha value is -0.110. The SMILES string of the molecule is CN(C)CCN1CCC(CNC(=O)C(N)C2CCOCC2)CC1.Cl.Cl. The second-order valence-electron chi connectivity index (χ2n) is 7.31. The molecule has 1 unspecified atom stereocenters. The molecule has 0 aromatic rings. The number of nitrogens with zero attached hydrogens (tertiary/aromatic N) is 2. The zero-order valence-electron chi connectivity index (χ0n) is 15.6. The number of nitrogens with one attached hydrogen (secondary N) is 1. The van der Waals surface area contributed by atoms with E-state index in [0.29, 0.717) is 5.92 Å². The van der Waals surface area contributed by atoms with Gasteiger partial charge < -0.3 is 25.6 Å². The normalized spacial score (nSPS) is 21.3. The molecule has 1 atom stereocenters. The maximum Gasteiger partial charge on any atom is 0.237 e.